The van der Waals surface area contributed by atoms with Crippen LogP contribution in [0.4, 0.5) is 19.0 Å². The van der Waals surface area contributed by atoms with Gasteiger partial charge in [0.05, 0.1) is 11.9 Å². The van der Waals surface area contributed by atoms with E-state index in [1.54, 1.807) is 6.07 Å². The standard InChI is InChI=1S/C16H25F3N4O2S/c1-10(2)12-8-14(16(17,18)19)23-15(20-12)9-13(21-23)11-4-6-22(7-5-11)26(3,24)25/h9-12,14,20H,4-8H2,1-3H3/t12-,14+/m0/s1. The molecule has 1 N–H and O–H groups in total. The second-order valence-electron chi connectivity index (χ2n) is 7.62. The molecule has 26 heavy (non-hydrogen) atoms. The van der Waals surface area contributed by atoms with Crippen molar-refractivity contribution >= 4 is 15.8 Å². The number of hydrogen-bond acceptors (Lipinski definition) is 4. The molecule has 6 nitrogen and oxygen atoms in total. The van der Waals surface area contributed by atoms with Crippen molar-refractivity contribution in [2.24, 2.45) is 5.92 Å². The van der Waals surface area contributed by atoms with E-state index in [4.69, 9.17) is 0 Å². The van der Waals surface area contributed by atoms with Gasteiger partial charge in [0.2, 0.25) is 10.0 Å². The topological polar surface area (TPSA) is 67.2 Å². The minimum absolute atomic E-state index is 0.0284. The third kappa shape index (κ3) is 3.85. The Balaban J connectivity index is 1.83. The van der Waals surface area contributed by atoms with E-state index < -0.39 is 22.2 Å². The van der Waals surface area contributed by atoms with Crippen LogP contribution in [-0.4, -0.2) is 54.1 Å². The van der Waals surface area contributed by atoms with Gasteiger partial charge in [-0.1, -0.05) is 13.8 Å². The third-order valence-corrected chi connectivity index (χ3v) is 6.69. The predicted octanol–water partition coefficient (Wildman–Crippen LogP) is 2.97. The second-order valence-corrected chi connectivity index (χ2v) is 9.61. The van der Waals surface area contributed by atoms with Crippen molar-refractivity contribution in [3.63, 3.8) is 0 Å². The molecule has 3 rings (SSSR count). The fourth-order valence-corrected chi connectivity index (χ4v) is 4.62. The minimum Gasteiger partial charge on any atom is -0.367 e. The van der Waals surface area contributed by atoms with Crippen LogP contribution in [0.25, 0.3) is 0 Å². The van der Waals surface area contributed by atoms with Gasteiger partial charge in [-0.15, -0.1) is 0 Å². The van der Waals surface area contributed by atoms with E-state index in [0.29, 0.717) is 37.4 Å². The lowest BCUT2D eigenvalue weighted by atomic mass is 9.94. The minimum atomic E-state index is -4.35. The Morgan fingerprint density at radius 1 is 1.27 bits per heavy atom. The molecule has 0 bridgehead atoms. The summed E-state index contributed by atoms with van der Waals surface area (Å²) >= 11 is 0. The second kappa shape index (κ2) is 6.70. The monoisotopic (exact) mass is 394 g/mol. The number of piperidine rings is 1. The van der Waals surface area contributed by atoms with Crippen LogP contribution < -0.4 is 5.32 Å². The Morgan fingerprint density at radius 3 is 2.38 bits per heavy atom. The fraction of sp³-hybridized carbons (Fsp3) is 0.812. The van der Waals surface area contributed by atoms with Crippen LogP contribution in [0.2, 0.25) is 0 Å². The van der Waals surface area contributed by atoms with Crippen LogP contribution in [0.3, 0.4) is 0 Å². The first-order valence-corrected chi connectivity index (χ1v) is 10.7. The van der Waals surface area contributed by atoms with Gasteiger partial charge in [0.1, 0.15) is 5.82 Å². The molecule has 3 heterocycles. The lowest BCUT2D eigenvalue weighted by molar-refractivity contribution is -0.174. The molecule has 2 atom stereocenters. The molecular formula is C16H25F3N4O2S. The number of nitrogens with zero attached hydrogens (tertiary/aromatic N) is 3. The van der Waals surface area contributed by atoms with Crippen LogP contribution in [0.1, 0.15) is 50.8 Å². The van der Waals surface area contributed by atoms with Crippen molar-refractivity contribution in [2.45, 2.75) is 57.3 Å². The average molecular weight is 394 g/mol. The van der Waals surface area contributed by atoms with E-state index in [1.165, 1.54) is 10.6 Å². The molecule has 0 unspecified atom stereocenters. The van der Waals surface area contributed by atoms with Gasteiger partial charge in [-0.05, 0) is 25.2 Å². The first-order valence-electron chi connectivity index (χ1n) is 8.84. The summed E-state index contributed by atoms with van der Waals surface area (Å²) in [4.78, 5) is 0. The molecule has 10 heteroatoms. The van der Waals surface area contributed by atoms with Gasteiger partial charge >= 0.3 is 6.18 Å². The molecule has 2 aliphatic heterocycles. The van der Waals surface area contributed by atoms with Crippen molar-refractivity contribution in [1.82, 2.24) is 14.1 Å². The lowest BCUT2D eigenvalue weighted by Gasteiger charge is -2.35. The Labute approximate surface area is 151 Å². The van der Waals surface area contributed by atoms with Crippen molar-refractivity contribution in [3.05, 3.63) is 11.8 Å². The normalized spacial score (nSPS) is 26.0. The summed E-state index contributed by atoms with van der Waals surface area (Å²) in [6.07, 6.45) is -2.09. The van der Waals surface area contributed by atoms with E-state index >= 15 is 0 Å². The predicted molar refractivity (Wildman–Crippen MR) is 92.6 cm³/mol. The summed E-state index contributed by atoms with van der Waals surface area (Å²) in [5.41, 5.74) is 0.610. The van der Waals surface area contributed by atoms with Gasteiger partial charge in [-0.25, -0.2) is 17.4 Å². The maximum Gasteiger partial charge on any atom is 0.410 e. The molecule has 148 valence electrons. The summed E-state index contributed by atoms with van der Waals surface area (Å²) in [5.74, 6) is 0.446. The van der Waals surface area contributed by atoms with E-state index in [-0.39, 0.29) is 24.3 Å². The van der Waals surface area contributed by atoms with Gasteiger partial charge in [0, 0.05) is 31.1 Å². The molecule has 0 radical (unpaired) electrons. The van der Waals surface area contributed by atoms with Crippen molar-refractivity contribution in [2.75, 3.05) is 24.7 Å². The van der Waals surface area contributed by atoms with Crippen molar-refractivity contribution in [3.8, 4) is 0 Å². The maximum atomic E-state index is 13.5. The van der Waals surface area contributed by atoms with Crippen LogP contribution in [-0.2, 0) is 10.0 Å². The molecule has 0 spiro atoms. The number of fused-ring (bicyclic) bond motifs is 1. The average Bonchev–Trinajstić information content (AvgIpc) is 2.96. The van der Waals surface area contributed by atoms with Crippen LogP contribution in [0, 0.1) is 5.92 Å². The van der Waals surface area contributed by atoms with Gasteiger partial charge in [0.15, 0.2) is 6.04 Å². The SMILES string of the molecule is CC(C)[C@@H]1C[C@H](C(F)(F)F)n2nc(C3CCN(S(C)(=O)=O)CC3)cc2N1. The van der Waals surface area contributed by atoms with Crippen molar-refractivity contribution in [1.29, 1.82) is 0 Å². The molecule has 1 saturated heterocycles. The molecule has 1 aromatic heterocycles. The summed E-state index contributed by atoms with van der Waals surface area (Å²) < 4.78 is 66.3. The summed E-state index contributed by atoms with van der Waals surface area (Å²) in [6, 6.07) is -0.185. The van der Waals surface area contributed by atoms with Gasteiger partial charge in [-0.2, -0.15) is 18.3 Å². The zero-order chi connectivity index (χ0) is 19.3. The molecule has 0 amide bonds. The molecule has 1 fully saturated rings. The van der Waals surface area contributed by atoms with E-state index in [2.05, 4.69) is 10.4 Å². The molecule has 0 aliphatic carbocycles. The molecule has 2 aliphatic rings. The third-order valence-electron chi connectivity index (χ3n) is 5.38. The number of aromatic nitrogens is 2. The highest BCUT2D eigenvalue weighted by atomic mass is 32.2. The van der Waals surface area contributed by atoms with Crippen LogP contribution in [0.5, 0.6) is 0 Å². The number of nitrogens with one attached hydrogen (secondary N) is 1. The van der Waals surface area contributed by atoms with E-state index in [1.807, 2.05) is 13.8 Å². The largest absolute Gasteiger partial charge is 0.410 e. The Bertz CT molecular complexity index is 752. The van der Waals surface area contributed by atoms with Crippen molar-refractivity contribution < 1.29 is 21.6 Å². The highest BCUT2D eigenvalue weighted by Crippen LogP contribution is 2.42. The fourth-order valence-electron chi connectivity index (χ4n) is 3.74. The summed E-state index contributed by atoms with van der Waals surface area (Å²) in [6.45, 7) is 4.55. The molecule has 0 aromatic carbocycles. The quantitative estimate of drug-likeness (QED) is 0.856. The van der Waals surface area contributed by atoms with E-state index in [0.717, 1.165) is 4.68 Å². The lowest BCUT2D eigenvalue weighted by Crippen LogP contribution is -2.41. The molecule has 0 saturated carbocycles. The Hall–Kier alpha value is -1.29. The number of rotatable bonds is 3. The smallest absolute Gasteiger partial charge is 0.367 e. The Morgan fingerprint density at radius 2 is 1.88 bits per heavy atom. The zero-order valence-corrected chi connectivity index (χ0v) is 15.9. The number of alkyl halides is 3. The first kappa shape index (κ1) is 19.5. The van der Waals surface area contributed by atoms with Gasteiger partial charge < -0.3 is 5.32 Å². The van der Waals surface area contributed by atoms with Gasteiger partial charge in [-0.3, -0.25) is 0 Å². The summed E-state index contributed by atoms with van der Waals surface area (Å²) in [7, 11) is -3.23. The van der Waals surface area contributed by atoms with E-state index in [9.17, 15) is 21.6 Å². The molecular weight excluding hydrogens is 369 g/mol. The maximum absolute atomic E-state index is 13.5. The summed E-state index contributed by atoms with van der Waals surface area (Å²) in [5, 5.41) is 7.45. The number of halogens is 3. The highest BCUT2D eigenvalue weighted by Gasteiger charge is 2.47. The zero-order valence-electron chi connectivity index (χ0n) is 15.1. The van der Waals surface area contributed by atoms with Crippen LogP contribution >= 0.6 is 0 Å². The van der Waals surface area contributed by atoms with Crippen LogP contribution in [0.15, 0.2) is 6.07 Å². The number of hydrogen-bond donors (Lipinski definition) is 1. The number of anilines is 1. The molecule has 1 aromatic rings. The van der Waals surface area contributed by atoms with Gasteiger partial charge in [0.25, 0.3) is 0 Å². The number of sulfonamides is 1. The first-order chi connectivity index (χ1) is 12.0. The highest BCUT2D eigenvalue weighted by molar-refractivity contribution is 7.88. The Kier molecular flexibility index (Phi) is 5.02.